The lowest BCUT2D eigenvalue weighted by Gasteiger charge is -2.25. The second-order valence-corrected chi connectivity index (χ2v) is 5.08. The third-order valence-corrected chi connectivity index (χ3v) is 2.23. The molecule has 0 aliphatic heterocycles. The SMILES string of the molecule is C=CCC[C@@H](NC(=O)OC(C)(C)C)C(=O)N(C)OC. The molecule has 0 radical (unpaired) electrons. The molecule has 0 unspecified atom stereocenters. The van der Waals surface area contributed by atoms with E-state index in [1.165, 1.54) is 14.2 Å². The Morgan fingerprint density at radius 2 is 2.00 bits per heavy atom. The summed E-state index contributed by atoms with van der Waals surface area (Å²) < 4.78 is 5.12. The molecule has 0 aliphatic carbocycles. The first-order valence-corrected chi connectivity index (χ1v) is 6.13. The summed E-state index contributed by atoms with van der Waals surface area (Å²) in [6.07, 6.45) is 2.10. The fourth-order valence-electron chi connectivity index (χ4n) is 1.30. The molecule has 0 heterocycles. The lowest BCUT2D eigenvalue weighted by molar-refractivity contribution is -0.171. The number of rotatable bonds is 6. The Morgan fingerprint density at radius 1 is 1.42 bits per heavy atom. The number of carbonyl (C=O) groups is 2. The van der Waals surface area contributed by atoms with E-state index in [9.17, 15) is 9.59 Å². The van der Waals surface area contributed by atoms with Gasteiger partial charge in [0.25, 0.3) is 5.91 Å². The minimum Gasteiger partial charge on any atom is -0.444 e. The maximum Gasteiger partial charge on any atom is 0.408 e. The van der Waals surface area contributed by atoms with Crippen LogP contribution >= 0.6 is 0 Å². The smallest absolute Gasteiger partial charge is 0.408 e. The summed E-state index contributed by atoms with van der Waals surface area (Å²) in [5, 5.41) is 3.62. The Labute approximate surface area is 114 Å². The summed E-state index contributed by atoms with van der Waals surface area (Å²) in [7, 11) is 2.87. The van der Waals surface area contributed by atoms with Crippen LogP contribution in [0.15, 0.2) is 12.7 Å². The van der Waals surface area contributed by atoms with Crippen molar-refractivity contribution in [3.05, 3.63) is 12.7 Å². The number of nitrogens with zero attached hydrogens (tertiary/aromatic N) is 1. The molecule has 0 saturated carbocycles. The van der Waals surface area contributed by atoms with Gasteiger partial charge in [-0.1, -0.05) is 6.08 Å². The number of ether oxygens (including phenoxy) is 1. The molecule has 2 amide bonds. The maximum atomic E-state index is 12.0. The summed E-state index contributed by atoms with van der Waals surface area (Å²) in [4.78, 5) is 28.5. The van der Waals surface area contributed by atoms with Gasteiger partial charge in [-0.15, -0.1) is 6.58 Å². The maximum absolute atomic E-state index is 12.0. The van der Waals surface area contributed by atoms with Gasteiger partial charge >= 0.3 is 6.09 Å². The molecule has 0 aromatic rings. The summed E-state index contributed by atoms with van der Waals surface area (Å²) in [6.45, 7) is 8.87. The number of hydrogen-bond acceptors (Lipinski definition) is 4. The zero-order chi connectivity index (χ0) is 15.1. The van der Waals surface area contributed by atoms with Crippen LogP contribution in [-0.4, -0.2) is 42.9 Å². The zero-order valence-corrected chi connectivity index (χ0v) is 12.4. The van der Waals surface area contributed by atoms with Crippen LogP contribution in [0.4, 0.5) is 4.79 Å². The summed E-state index contributed by atoms with van der Waals surface area (Å²) in [5.41, 5.74) is -0.608. The summed E-state index contributed by atoms with van der Waals surface area (Å²) >= 11 is 0. The van der Waals surface area contributed by atoms with Gasteiger partial charge in [0.1, 0.15) is 11.6 Å². The lowest BCUT2D eigenvalue weighted by Crippen LogP contribution is -2.48. The molecular formula is C13H24N2O4. The van der Waals surface area contributed by atoms with Gasteiger partial charge in [-0.3, -0.25) is 9.63 Å². The van der Waals surface area contributed by atoms with Crippen LogP contribution in [0, 0.1) is 0 Å². The molecule has 0 spiro atoms. The highest BCUT2D eigenvalue weighted by Crippen LogP contribution is 2.08. The second-order valence-electron chi connectivity index (χ2n) is 5.08. The Balaban J connectivity index is 4.63. The minimum atomic E-state index is -0.696. The van der Waals surface area contributed by atoms with Gasteiger partial charge in [-0.25, -0.2) is 9.86 Å². The van der Waals surface area contributed by atoms with Crippen LogP contribution in [0.2, 0.25) is 0 Å². The minimum absolute atomic E-state index is 0.338. The monoisotopic (exact) mass is 272 g/mol. The molecule has 0 fully saturated rings. The van der Waals surface area contributed by atoms with E-state index in [4.69, 9.17) is 9.57 Å². The molecule has 6 heteroatoms. The van der Waals surface area contributed by atoms with Crippen LogP contribution in [0.25, 0.3) is 0 Å². The van der Waals surface area contributed by atoms with Crippen molar-refractivity contribution in [1.29, 1.82) is 0 Å². The summed E-state index contributed by atoms with van der Waals surface area (Å²) in [5.74, 6) is -0.338. The predicted octanol–water partition coefficient (Wildman–Crippen LogP) is 1.87. The molecule has 0 aliphatic rings. The molecule has 0 rings (SSSR count). The van der Waals surface area contributed by atoms with E-state index in [1.54, 1.807) is 26.8 Å². The van der Waals surface area contributed by atoms with Gasteiger partial charge in [-0.05, 0) is 33.6 Å². The molecule has 6 nitrogen and oxygen atoms in total. The van der Waals surface area contributed by atoms with Crippen molar-refractivity contribution in [3.8, 4) is 0 Å². The van der Waals surface area contributed by atoms with E-state index in [1.807, 2.05) is 0 Å². The van der Waals surface area contributed by atoms with Crippen molar-refractivity contribution in [1.82, 2.24) is 10.4 Å². The van der Waals surface area contributed by atoms with Crippen LogP contribution in [0.3, 0.4) is 0 Å². The average Bonchev–Trinajstić information content (AvgIpc) is 2.30. The van der Waals surface area contributed by atoms with Crippen molar-refractivity contribution in [2.75, 3.05) is 14.2 Å². The Bertz CT molecular complexity index is 323. The van der Waals surface area contributed by atoms with Gasteiger partial charge < -0.3 is 10.1 Å². The van der Waals surface area contributed by atoms with Gasteiger partial charge in [0, 0.05) is 7.05 Å². The highest BCUT2D eigenvalue weighted by atomic mass is 16.7. The molecule has 1 atom stereocenters. The molecule has 1 N–H and O–H groups in total. The van der Waals surface area contributed by atoms with Crippen LogP contribution in [-0.2, 0) is 14.4 Å². The van der Waals surface area contributed by atoms with Gasteiger partial charge in [-0.2, -0.15) is 0 Å². The Hall–Kier alpha value is -1.56. The van der Waals surface area contributed by atoms with Gasteiger partial charge in [0.15, 0.2) is 0 Å². The Morgan fingerprint density at radius 3 is 2.42 bits per heavy atom. The number of carbonyl (C=O) groups excluding carboxylic acids is 2. The van der Waals surface area contributed by atoms with Crippen LogP contribution in [0.5, 0.6) is 0 Å². The lowest BCUT2D eigenvalue weighted by atomic mass is 10.1. The fourth-order valence-corrected chi connectivity index (χ4v) is 1.30. The van der Waals surface area contributed by atoms with Crippen molar-refractivity contribution in [2.45, 2.75) is 45.3 Å². The van der Waals surface area contributed by atoms with Crippen LogP contribution in [0.1, 0.15) is 33.6 Å². The standard InChI is InChI=1S/C13H24N2O4/c1-7-8-9-10(11(16)15(5)18-6)14-12(17)19-13(2,3)4/h7,10H,1,8-9H2,2-6H3,(H,14,17)/t10-/m1/s1. The number of hydrogen-bond donors (Lipinski definition) is 1. The molecule has 19 heavy (non-hydrogen) atoms. The molecular weight excluding hydrogens is 248 g/mol. The van der Waals surface area contributed by atoms with E-state index in [0.29, 0.717) is 12.8 Å². The van der Waals surface area contributed by atoms with Crippen molar-refractivity contribution in [3.63, 3.8) is 0 Å². The van der Waals surface area contributed by atoms with Crippen LogP contribution < -0.4 is 5.32 Å². The first-order valence-electron chi connectivity index (χ1n) is 6.13. The molecule has 0 bridgehead atoms. The third kappa shape index (κ3) is 7.46. The van der Waals surface area contributed by atoms with E-state index >= 15 is 0 Å². The topological polar surface area (TPSA) is 67.9 Å². The first-order chi connectivity index (χ1) is 8.71. The van der Waals surface area contributed by atoms with Gasteiger partial charge in [0.05, 0.1) is 7.11 Å². The predicted molar refractivity (Wildman–Crippen MR) is 72.4 cm³/mol. The number of hydroxylamine groups is 2. The van der Waals surface area contributed by atoms with Crippen molar-refractivity contribution < 1.29 is 19.2 Å². The third-order valence-electron chi connectivity index (χ3n) is 2.23. The highest BCUT2D eigenvalue weighted by molar-refractivity contribution is 5.84. The van der Waals surface area contributed by atoms with E-state index in [2.05, 4.69) is 11.9 Å². The number of allylic oxidation sites excluding steroid dienone is 1. The average molecular weight is 272 g/mol. The van der Waals surface area contributed by atoms with E-state index in [0.717, 1.165) is 5.06 Å². The number of nitrogens with one attached hydrogen (secondary N) is 1. The van der Waals surface area contributed by atoms with E-state index < -0.39 is 17.7 Å². The van der Waals surface area contributed by atoms with Crippen molar-refractivity contribution >= 4 is 12.0 Å². The number of likely N-dealkylation sites (N-methyl/N-ethyl adjacent to an activating group) is 1. The largest absolute Gasteiger partial charge is 0.444 e. The zero-order valence-electron chi connectivity index (χ0n) is 12.4. The first kappa shape index (κ1) is 17.4. The van der Waals surface area contributed by atoms with E-state index in [-0.39, 0.29) is 5.91 Å². The second kappa shape index (κ2) is 7.78. The van der Waals surface area contributed by atoms with Crippen molar-refractivity contribution in [2.24, 2.45) is 0 Å². The number of alkyl carbamates (subject to hydrolysis) is 1. The summed E-state index contributed by atoms with van der Waals surface area (Å²) in [6, 6.07) is -0.696. The Kier molecular flexibility index (Phi) is 7.14. The fraction of sp³-hybridized carbons (Fsp3) is 0.692. The quantitative estimate of drug-likeness (QED) is 0.592. The molecule has 0 aromatic heterocycles. The van der Waals surface area contributed by atoms with Gasteiger partial charge in [0.2, 0.25) is 0 Å². The molecule has 0 aromatic carbocycles. The normalized spacial score (nSPS) is 12.5. The molecule has 110 valence electrons. The highest BCUT2D eigenvalue weighted by Gasteiger charge is 2.26. The molecule has 0 saturated heterocycles. The number of amides is 2.